The van der Waals surface area contributed by atoms with E-state index in [4.69, 9.17) is 4.74 Å². The van der Waals surface area contributed by atoms with Crippen LogP contribution < -0.4 is 4.74 Å². The molecule has 0 radical (unpaired) electrons. The quantitative estimate of drug-likeness (QED) is 0.781. The van der Waals surface area contributed by atoms with Crippen LogP contribution in [-0.4, -0.2) is 17.7 Å². The number of rotatable bonds is 7. The molecule has 0 heterocycles. The van der Waals surface area contributed by atoms with Gasteiger partial charge in [0.25, 0.3) is 0 Å². The first-order valence-electron chi connectivity index (χ1n) is 7.24. The van der Waals surface area contributed by atoms with Crippen molar-refractivity contribution in [1.82, 2.24) is 0 Å². The molecule has 22 heavy (non-hydrogen) atoms. The Kier molecular flexibility index (Phi) is 5.53. The van der Waals surface area contributed by atoms with Crippen molar-refractivity contribution in [2.24, 2.45) is 0 Å². The molecular weight excluding hydrogens is 283 g/mol. The molecule has 3 nitrogen and oxygen atoms in total. The molecule has 2 rings (SSSR count). The minimum Gasteiger partial charge on any atom is -0.493 e. The Hall–Kier alpha value is -2.36. The molecule has 2 aromatic carbocycles. The predicted octanol–water partition coefficient (Wildman–Crippen LogP) is 4.16. The van der Waals surface area contributed by atoms with E-state index in [0.29, 0.717) is 25.0 Å². The van der Waals surface area contributed by atoms with E-state index in [-0.39, 0.29) is 0 Å². The molecule has 0 saturated carbocycles. The highest BCUT2D eigenvalue weighted by Crippen LogP contribution is 2.23. The number of carboxylic acid groups (broad SMARTS) is 1. The van der Waals surface area contributed by atoms with Crippen molar-refractivity contribution in [2.75, 3.05) is 6.61 Å². The first kappa shape index (κ1) is 16.0. The third kappa shape index (κ3) is 4.32. The lowest BCUT2D eigenvalue weighted by molar-refractivity contribution is -0.139. The van der Waals surface area contributed by atoms with Crippen molar-refractivity contribution in [1.29, 1.82) is 0 Å². The van der Waals surface area contributed by atoms with Gasteiger partial charge in [-0.25, -0.2) is 4.39 Å². The zero-order chi connectivity index (χ0) is 15.9. The van der Waals surface area contributed by atoms with E-state index in [1.807, 2.05) is 31.2 Å². The number of para-hydroxylation sites is 1. The van der Waals surface area contributed by atoms with Gasteiger partial charge in [-0.15, -0.1) is 0 Å². The number of ether oxygens (including phenoxy) is 1. The summed E-state index contributed by atoms with van der Waals surface area (Å²) in [6.07, 6.45) is 0.993. The SMILES string of the molecule is Cc1ccccc1OCCCC(C(=O)O)c1cccc(F)c1. The van der Waals surface area contributed by atoms with Gasteiger partial charge in [-0.05, 0) is 49.1 Å². The maximum atomic E-state index is 13.2. The van der Waals surface area contributed by atoms with Gasteiger partial charge in [-0.2, -0.15) is 0 Å². The highest BCUT2D eigenvalue weighted by atomic mass is 19.1. The molecule has 0 aromatic heterocycles. The van der Waals surface area contributed by atoms with Crippen molar-refractivity contribution in [3.8, 4) is 5.75 Å². The van der Waals surface area contributed by atoms with Crippen LogP contribution in [0.1, 0.15) is 29.9 Å². The molecule has 0 saturated heterocycles. The van der Waals surface area contributed by atoms with Gasteiger partial charge in [0.2, 0.25) is 0 Å². The first-order chi connectivity index (χ1) is 10.6. The second kappa shape index (κ2) is 7.59. The molecule has 0 aliphatic heterocycles. The van der Waals surface area contributed by atoms with Gasteiger partial charge in [-0.1, -0.05) is 30.3 Å². The van der Waals surface area contributed by atoms with E-state index in [0.717, 1.165) is 11.3 Å². The summed E-state index contributed by atoms with van der Waals surface area (Å²) in [6, 6.07) is 13.4. The first-order valence-corrected chi connectivity index (χ1v) is 7.24. The molecule has 1 atom stereocenters. The highest BCUT2D eigenvalue weighted by Gasteiger charge is 2.19. The van der Waals surface area contributed by atoms with E-state index in [1.165, 1.54) is 18.2 Å². The molecular formula is C18H19FO3. The van der Waals surface area contributed by atoms with Crippen LogP contribution in [0.2, 0.25) is 0 Å². The smallest absolute Gasteiger partial charge is 0.310 e. The fraction of sp³-hybridized carbons (Fsp3) is 0.278. The van der Waals surface area contributed by atoms with E-state index >= 15 is 0 Å². The second-order valence-corrected chi connectivity index (χ2v) is 5.20. The standard InChI is InChI=1S/C18H19FO3/c1-13-6-2-3-10-17(13)22-11-5-9-16(18(20)21)14-7-4-8-15(19)12-14/h2-4,6-8,10,12,16H,5,9,11H2,1H3,(H,20,21). The van der Waals surface area contributed by atoms with Crippen LogP contribution in [0.3, 0.4) is 0 Å². The summed E-state index contributed by atoms with van der Waals surface area (Å²) in [4.78, 5) is 11.4. The van der Waals surface area contributed by atoms with Gasteiger partial charge >= 0.3 is 5.97 Å². The molecule has 2 aromatic rings. The number of hydrogen-bond donors (Lipinski definition) is 1. The Morgan fingerprint density at radius 2 is 2.00 bits per heavy atom. The lowest BCUT2D eigenvalue weighted by Gasteiger charge is -2.14. The van der Waals surface area contributed by atoms with Crippen molar-refractivity contribution in [3.05, 3.63) is 65.5 Å². The van der Waals surface area contributed by atoms with Crippen LogP contribution in [-0.2, 0) is 4.79 Å². The van der Waals surface area contributed by atoms with Crippen molar-refractivity contribution >= 4 is 5.97 Å². The zero-order valence-corrected chi connectivity index (χ0v) is 12.5. The van der Waals surface area contributed by atoms with Crippen LogP contribution in [0.4, 0.5) is 4.39 Å². The molecule has 0 aliphatic carbocycles. The molecule has 116 valence electrons. The van der Waals surface area contributed by atoms with Crippen LogP contribution in [0.5, 0.6) is 5.75 Å². The predicted molar refractivity (Wildman–Crippen MR) is 82.7 cm³/mol. The summed E-state index contributed by atoms with van der Waals surface area (Å²) in [5, 5.41) is 9.31. The molecule has 0 amide bonds. The van der Waals surface area contributed by atoms with Crippen LogP contribution in [0, 0.1) is 12.7 Å². The maximum absolute atomic E-state index is 13.2. The Labute approximate surface area is 129 Å². The highest BCUT2D eigenvalue weighted by molar-refractivity contribution is 5.76. The molecule has 0 fully saturated rings. The van der Waals surface area contributed by atoms with E-state index in [2.05, 4.69) is 0 Å². The van der Waals surface area contributed by atoms with Gasteiger partial charge in [-0.3, -0.25) is 4.79 Å². The summed E-state index contributed by atoms with van der Waals surface area (Å²) in [5.74, 6) is -1.27. The van der Waals surface area contributed by atoms with Crippen LogP contribution in [0.15, 0.2) is 48.5 Å². The summed E-state index contributed by atoms with van der Waals surface area (Å²) in [5.41, 5.74) is 1.53. The Balaban J connectivity index is 1.90. The molecule has 0 aliphatic rings. The fourth-order valence-electron chi connectivity index (χ4n) is 2.34. The number of aliphatic carboxylic acids is 1. The lowest BCUT2D eigenvalue weighted by Crippen LogP contribution is -2.13. The number of carbonyl (C=O) groups is 1. The van der Waals surface area contributed by atoms with Crippen LogP contribution in [0.25, 0.3) is 0 Å². The summed E-state index contributed by atoms with van der Waals surface area (Å²) in [6.45, 7) is 2.39. The average molecular weight is 302 g/mol. The molecule has 0 bridgehead atoms. The Bertz CT molecular complexity index is 640. The van der Waals surface area contributed by atoms with Crippen molar-refractivity contribution in [3.63, 3.8) is 0 Å². The largest absolute Gasteiger partial charge is 0.493 e. The topological polar surface area (TPSA) is 46.5 Å². The second-order valence-electron chi connectivity index (χ2n) is 5.20. The van der Waals surface area contributed by atoms with Gasteiger partial charge in [0.1, 0.15) is 11.6 Å². The number of carboxylic acids is 1. The number of aryl methyl sites for hydroxylation is 1. The van der Waals surface area contributed by atoms with Gasteiger partial charge < -0.3 is 9.84 Å². The lowest BCUT2D eigenvalue weighted by atomic mass is 9.94. The van der Waals surface area contributed by atoms with Gasteiger partial charge in [0, 0.05) is 0 Å². The molecule has 1 unspecified atom stereocenters. The monoisotopic (exact) mass is 302 g/mol. The van der Waals surface area contributed by atoms with E-state index in [1.54, 1.807) is 6.07 Å². The van der Waals surface area contributed by atoms with E-state index < -0.39 is 17.7 Å². The van der Waals surface area contributed by atoms with Crippen molar-refractivity contribution < 1.29 is 19.0 Å². The third-order valence-corrected chi connectivity index (χ3v) is 3.54. The normalized spacial score (nSPS) is 11.9. The Morgan fingerprint density at radius 3 is 2.68 bits per heavy atom. The summed E-state index contributed by atoms with van der Waals surface area (Å²) in [7, 11) is 0. The fourth-order valence-corrected chi connectivity index (χ4v) is 2.34. The average Bonchev–Trinajstić information content (AvgIpc) is 2.48. The van der Waals surface area contributed by atoms with E-state index in [9.17, 15) is 14.3 Å². The summed E-state index contributed by atoms with van der Waals surface area (Å²) < 4.78 is 18.9. The molecule has 4 heteroatoms. The van der Waals surface area contributed by atoms with Gasteiger partial charge in [0.15, 0.2) is 0 Å². The third-order valence-electron chi connectivity index (χ3n) is 3.54. The number of halogens is 1. The van der Waals surface area contributed by atoms with Gasteiger partial charge in [0.05, 0.1) is 12.5 Å². The number of benzene rings is 2. The molecule has 0 spiro atoms. The molecule has 1 N–H and O–H groups in total. The zero-order valence-electron chi connectivity index (χ0n) is 12.5. The minimum absolute atomic E-state index is 0.407. The van der Waals surface area contributed by atoms with Crippen molar-refractivity contribution in [2.45, 2.75) is 25.7 Å². The summed E-state index contributed by atoms with van der Waals surface area (Å²) >= 11 is 0. The maximum Gasteiger partial charge on any atom is 0.310 e. The number of hydrogen-bond acceptors (Lipinski definition) is 2. The van der Waals surface area contributed by atoms with Crippen LogP contribution >= 0.6 is 0 Å². The Morgan fingerprint density at radius 1 is 1.23 bits per heavy atom. The minimum atomic E-state index is -0.943.